The van der Waals surface area contributed by atoms with E-state index in [2.05, 4.69) is 4.90 Å². The van der Waals surface area contributed by atoms with E-state index in [1.54, 1.807) is 0 Å². The predicted molar refractivity (Wildman–Crippen MR) is 47.1 cm³/mol. The van der Waals surface area contributed by atoms with Crippen molar-refractivity contribution in [3.8, 4) is 0 Å². The molecule has 0 amide bonds. The van der Waals surface area contributed by atoms with E-state index in [1.807, 2.05) is 6.92 Å². The fraction of sp³-hybridized carbons (Fsp3) is 0.889. The molecule has 0 aromatic rings. The summed E-state index contributed by atoms with van der Waals surface area (Å²) in [6.07, 6.45) is 4.22. The van der Waals surface area contributed by atoms with Crippen molar-refractivity contribution < 1.29 is 9.90 Å². The third-order valence-corrected chi connectivity index (χ3v) is 2.55. The smallest absolute Gasteiger partial charge is 0.320 e. The molecule has 1 rings (SSSR count). The highest BCUT2D eigenvalue weighted by atomic mass is 16.4. The Kier molecular flexibility index (Phi) is 3.53. The number of rotatable bonds is 2. The van der Waals surface area contributed by atoms with Gasteiger partial charge in [0.05, 0.1) is 0 Å². The Balaban J connectivity index is 2.57. The molecule has 1 aliphatic rings. The molecule has 1 atom stereocenters. The van der Waals surface area contributed by atoms with Crippen LogP contribution >= 0.6 is 0 Å². The number of aliphatic carboxylic acids is 1. The number of carboxylic acid groups (broad SMARTS) is 1. The first-order chi connectivity index (χ1) is 5.75. The first-order valence-electron chi connectivity index (χ1n) is 4.72. The van der Waals surface area contributed by atoms with Crippen LogP contribution in [0.2, 0.25) is 0 Å². The molecule has 12 heavy (non-hydrogen) atoms. The van der Waals surface area contributed by atoms with Crippen LogP contribution in [0, 0.1) is 0 Å². The van der Waals surface area contributed by atoms with E-state index in [0.29, 0.717) is 0 Å². The molecule has 0 radical (unpaired) electrons. The molecule has 0 spiro atoms. The van der Waals surface area contributed by atoms with Crippen LogP contribution in [0.25, 0.3) is 0 Å². The summed E-state index contributed by atoms with van der Waals surface area (Å²) in [7, 11) is 0. The lowest BCUT2D eigenvalue weighted by molar-refractivity contribution is -0.143. The summed E-state index contributed by atoms with van der Waals surface area (Å²) in [6.45, 7) is 3.84. The molecule has 1 saturated heterocycles. The Hall–Kier alpha value is -0.570. The van der Waals surface area contributed by atoms with E-state index in [4.69, 9.17) is 5.11 Å². The van der Waals surface area contributed by atoms with Crippen LogP contribution < -0.4 is 0 Å². The lowest BCUT2D eigenvalue weighted by Crippen LogP contribution is -2.40. The minimum absolute atomic E-state index is 0.225. The Bertz CT molecular complexity index is 159. The van der Waals surface area contributed by atoms with Crippen molar-refractivity contribution in [3.63, 3.8) is 0 Å². The normalized spacial score (nSPS) is 26.6. The van der Waals surface area contributed by atoms with Gasteiger partial charge in [0.25, 0.3) is 0 Å². The van der Waals surface area contributed by atoms with Crippen LogP contribution in [0.4, 0.5) is 0 Å². The van der Waals surface area contributed by atoms with Crippen LogP contribution in [0.5, 0.6) is 0 Å². The van der Waals surface area contributed by atoms with Gasteiger partial charge in [-0.1, -0.05) is 19.8 Å². The topological polar surface area (TPSA) is 40.5 Å². The second kappa shape index (κ2) is 4.45. The number of nitrogens with zero attached hydrogens (tertiary/aromatic N) is 1. The molecule has 1 N–H and O–H groups in total. The van der Waals surface area contributed by atoms with Crippen LogP contribution in [-0.2, 0) is 4.79 Å². The quantitative estimate of drug-likeness (QED) is 0.681. The van der Waals surface area contributed by atoms with Gasteiger partial charge in [0.1, 0.15) is 6.04 Å². The SMILES string of the molecule is CCN1CCCCC[C@H]1C(=O)O. The summed E-state index contributed by atoms with van der Waals surface area (Å²) >= 11 is 0. The largest absolute Gasteiger partial charge is 0.480 e. The van der Waals surface area contributed by atoms with Gasteiger partial charge in [-0.3, -0.25) is 9.69 Å². The highest BCUT2D eigenvalue weighted by Crippen LogP contribution is 2.16. The van der Waals surface area contributed by atoms with Gasteiger partial charge in [-0.15, -0.1) is 0 Å². The fourth-order valence-corrected chi connectivity index (χ4v) is 1.83. The molecule has 1 aliphatic heterocycles. The van der Waals surface area contributed by atoms with E-state index >= 15 is 0 Å². The third-order valence-electron chi connectivity index (χ3n) is 2.55. The maximum atomic E-state index is 10.8. The molecule has 1 fully saturated rings. The highest BCUT2D eigenvalue weighted by molar-refractivity contribution is 5.73. The second-order valence-electron chi connectivity index (χ2n) is 3.33. The van der Waals surface area contributed by atoms with Crippen LogP contribution in [0.1, 0.15) is 32.6 Å². The molecule has 1 heterocycles. The number of likely N-dealkylation sites (tertiary alicyclic amines) is 1. The minimum Gasteiger partial charge on any atom is -0.480 e. The van der Waals surface area contributed by atoms with Crippen molar-refractivity contribution in [1.82, 2.24) is 4.90 Å². The van der Waals surface area contributed by atoms with E-state index in [-0.39, 0.29) is 6.04 Å². The van der Waals surface area contributed by atoms with E-state index in [1.165, 1.54) is 6.42 Å². The van der Waals surface area contributed by atoms with Gasteiger partial charge in [0.15, 0.2) is 0 Å². The molecule has 70 valence electrons. The van der Waals surface area contributed by atoms with Gasteiger partial charge in [-0.05, 0) is 25.9 Å². The highest BCUT2D eigenvalue weighted by Gasteiger charge is 2.25. The van der Waals surface area contributed by atoms with E-state index in [9.17, 15) is 4.79 Å². The van der Waals surface area contributed by atoms with Crippen molar-refractivity contribution in [3.05, 3.63) is 0 Å². The Morgan fingerprint density at radius 2 is 2.25 bits per heavy atom. The van der Waals surface area contributed by atoms with Crippen molar-refractivity contribution in [1.29, 1.82) is 0 Å². The van der Waals surface area contributed by atoms with Gasteiger partial charge < -0.3 is 5.11 Å². The van der Waals surface area contributed by atoms with Crippen molar-refractivity contribution in [2.24, 2.45) is 0 Å². The number of likely N-dealkylation sites (N-methyl/N-ethyl adjacent to an activating group) is 1. The summed E-state index contributed by atoms with van der Waals surface area (Å²) < 4.78 is 0. The average Bonchev–Trinajstić information content (AvgIpc) is 2.27. The van der Waals surface area contributed by atoms with E-state index < -0.39 is 5.97 Å². The zero-order valence-electron chi connectivity index (χ0n) is 7.62. The van der Waals surface area contributed by atoms with Crippen molar-refractivity contribution in [2.75, 3.05) is 13.1 Å². The fourth-order valence-electron chi connectivity index (χ4n) is 1.83. The Labute approximate surface area is 73.4 Å². The Morgan fingerprint density at radius 1 is 1.50 bits per heavy atom. The molecule has 0 aromatic heterocycles. The first kappa shape index (κ1) is 9.52. The lowest BCUT2D eigenvalue weighted by Gasteiger charge is -2.24. The molecule has 3 heteroatoms. The van der Waals surface area contributed by atoms with Crippen LogP contribution in [0.3, 0.4) is 0 Å². The van der Waals surface area contributed by atoms with Gasteiger partial charge in [-0.25, -0.2) is 0 Å². The van der Waals surface area contributed by atoms with Crippen LogP contribution in [0.15, 0.2) is 0 Å². The zero-order chi connectivity index (χ0) is 8.97. The van der Waals surface area contributed by atoms with Gasteiger partial charge in [0.2, 0.25) is 0 Å². The number of hydrogen-bond donors (Lipinski definition) is 1. The zero-order valence-corrected chi connectivity index (χ0v) is 7.62. The molecule has 0 aliphatic carbocycles. The average molecular weight is 171 g/mol. The van der Waals surface area contributed by atoms with Gasteiger partial charge in [0, 0.05) is 0 Å². The standard InChI is InChI=1S/C9H17NO2/c1-2-10-7-5-3-4-6-8(10)9(11)12/h8H,2-7H2,1H3,(H,11,12)/t8-/m0/s1. The summed E-state index contributed by atoms with van der Waals surface area (Å²) in [6, 6.07) is -0.225. The second-order valence-corrected chi connectivity index (χ2v) is 3.33. The maximum Gasteiger partial charge on any atom is 0.320 e. The lowest BCUT2D eigenvalue weighted by atomic mass is 10.1. The maximum absolute atomic E-state index is 10.8. The van der Waals surface area contributed by atoms with Crippen LogP contribution in [-0.4, -0.2) is 35.1 Å². The summed E-state index contributed by atoms with van der Waals surface area (Å²) in [5.41, 5.74) is 0. The third kappa shape index (κ3) is 2.21. The molecule has 0 bridgehead atoms. The molecule has 0 aromatic carbocycles. The molecular formula is C9H17NO2. The molecule has 3 nitrogen and oxygen atoms in total. The number of carboxylic acids is 1. The molecule has 0 unspecified atom stereocenters. The molecular weight excluding hydrogens is 154 g/mol. The molecule has 0 saturated carbocycles. The number of carbonyl (C=O) groups is 1. The summed E-state index contributed by atoms with van der Waals surface area (Å²) in [5.74, 6) is -0.654. The number of hydrogen-bond acceptors (Lipinski definition) is 2. The van der Waals surface area contributed by atoms with Crippen molar-refractivity contribution in [2.45, 2.75) is 38.6 Å². The Morgan fingerprint density at radius 3 is 2.83 bits per heavy atom. The van der Waals surface area contributed by atoms with E-state index in [0.717, 1.165) is 32.4 Å². The summed E-state index contributed by atoms with van der Waals surface area (Å²) in [5, 5.41) is 8.92. The van der Waals surface area contributed by atoms with Gasteiger partial charge >= 0.3 is 5.97 Å². The monoisotopic (exact) mass is 171 g/mol. The summed E-state index contributed by atoms with van der Waals surface area (Å²) in [4.78, 5) is 12.9. The first-order valence-corrected chi connectivity index (χ1v) is 4.72. The van der Waals surface area contributed by atoms with Crippen molar-refractivity contribution >= 4 is 5.97 Å². The van der Waals surface area contributed by atoms with Gasteiger partial charge in [-0.2, -0.15) is 0 Å². The minimum atomic E-state index is -0.654. The predicted octanol–water partition coefficient (Wildman–Crippen LogP) is 1.34.